The molecule has 0 radical (unpaired) electrons. The molecule has 3 aromatic rings. The van der Waals surface area contributed by atoms with Crippen LogP contribution in [-0.4, -0.2) is 25.6 Å². The van der Waals surface area contributed by atoms with E-state index in [1.165, 1.54) is 18.4 Å². The van der Waals surface area contributed by atoms with Crippen LogP contribution in [0.5, 0.6) is 5.75 Å². The Labute approximate surface area is 159 Å². The molecule has 5 nitrogen and oxygen atoms in total. The molecule has 0 spiro atoms. The molecule has 0 fully saturated rings. The van der Waals surface area contributed by atoms with Gasteiger partial charge in [0, 0.05) is 9.72 Å². The minimum atomic E-state index is -0.517. The quantitative estimate of drug-likeness (QED) is 0.644. The summed E-state index contributed by atoms with van der Waals surface area (Å²) in [6.45, 7) is 1.47. The van der Waals surface area contributed by atoms with Crippen molar-refractivity contribution >= 4 is 50.6 Å². The van der Waals surface area contributed by atoms with E-state index in [2.05, 4.69) is 5.32 Å². The maximum atomic E-state index is 12.3. The zero-order valence-corrected chi connectivity index (χ0v) is 15.7. The molecule has 134 valence electrons. The number of nitrogens with one attached hydrogen (secondary N) is 1. The fraction of sp³-hybridized carbons (Fsp3) is 0.158. The first kappa shape index (κ1) is 18.2. The predicted octanol–water partition coefficient (Wildman–Crippen LogP) is 4.67. The molecule has 1 N–H and O–H groups in total. The maximum Gasteiger partial charge on any atom is 0.349 e. The van der Waals surface area contributed by atoms with Gasteiger partial charge in [0.1, 0.15) is 10.6 Å². The number of ether oxygens (including phenoxy) is 2. The molecule has 26 heavy (non-hydrogen) atoms. The highest BCUT2D eigenvalue weighted by Crippen LogP contribution is 2.31. The molecule has 1 amide bonds. The summed E-state index contributed by atoms with van der Waals surface area (Å²) in [5.41, 5.74) is 1.27. The Balaban J connectivity index is 1.66. The van der Waals surface area contributed by atoms with E-state index < -0.39 is 18.5 Å². The fourth-order valence-electron chi connectivity index (χ4n) is 2.53. The Morgan fingerprint density at radius 2 is 1.96 bits per heavy atom. The van der Waals surface area contributed by atoms with Gasteiger partial charge in [-0.2, -0.15) is 0 Å². The van der Waals surface area contributed by atoms with Crippen LogP contribution in [0.4, 0.5) is 5.69 Å². The van der Waals surface area contributed by atoms with Gasteiger partial charge in [0.05, 0.1) is 12.8 Å². The van der Waals surface area contributed by atoms with E-state index in [9.17, 15) is 9.59 Å². The lowest BCUT2D eigenvalue weighted by Gasteiger charge is -2.10. The Hall–Kier alpha value is -2.57. The number of benzene rings is 2. The van der Waals surface area contributed by atoms with Crippen molar-refractivity contribution < 1.29 is 19.1 Å². The van der Waals surface area contributed by atoms with Crippen LogP contribution in [0, 0.1) is 6.92 Å². The average Bonchev–Trinajstić information content (AvgIpc) is 2.97. The minimum absolute atomic E-state index is 0.401. The number of hydrogen-bond acceptors (Lipinski definition) is 5. The van der Waals surface area contributed by atoms with Crippen LogP contribution < -0.4 is 10.1 Å². The molecule has 3 rings (SSSR count). The summed E-state index contributed by atoms with van der Waals surface area (Å²) >= 11 is 7.28. The number of rotatable bonds is 5. The van der Waals surface area contributed by atoms with Gasteiger partial charge >= 0.3 is 5.97 Å². The first-order valence-corrected chi connectivity index (χ1v) is 8.97. The van der Waals surface area contributed by atoms with E-state index in [1.807, 2.05) is 31.2 Å². The maximum absolute atomic E-state index is 12.3. The molecule has 0 aliphatic rings. The molecule has 0 aliphatic heterocycles. The molecular weight excluding hydrogens is 374 g/mol. The third-order valence-electron chi connectivity index (χ3n) is 3.80. The number of methoxy groups -OCH3 is 1. The summed E-state index contributed by atoms with van der Waals surface area (Å²) in [5, 5.41) is 4.10. The van der Waals surface area contributed by atoms with Crippen LogP contribution in [-0.2, 0) is 9.53 Å². The number of amides is 1. The Bertz CT molecular complexity index is 983. The van der Waals surface area contributed by atoms with Crippen molar-refractivity contribution in [2.45, 2.75) is 6.92 Å². The molecule has 7 heteroatoms. The van der Waals surface area contributed by atoms with Gasteiger partial charge in [-0.25, -0.2) is 4.79 Å². The lowest BCUT2D eigenvalue weighted by molar-refractivity contribution is -0.119. The Morgan fingerprint density at radius 1 is 1.19 bits per heavy atom. The third-order valence-corrected chi connectivity index (χ3v) is 5.29. The van der Waals surface area contributed by atoms with E-state index in [0.717, 1.165) is 15.6 Å². The molecule has 0 unspecified atom stereocenters. The van der Waals surface area contributed by atoms with Crippen LogP contribution >= 0.6 is 22.9 Å². The minimum Gasteiger partial charge on any atom is -0.495 e. The van der Waals surface area contributed by atoms with E-state index in [4.69, 9.17) is 21.1 Å². The number of thiophene rings is 1. The highest BCUT2D eigenvalue weighted by molar-refractivity contribution is 7.21. The normalized spacial score (nSPS) is 10.6. The molecule has 0 saturated heterocycles. The number of esters is 1. The standard InChI is InChI=1S/C19H16ClNO4S/c1-11-13-5-3-4-6-16(13)26-18(11)19(23)25-10-17(22)21-14-9-12(20)7-8-15(14)24-2/h3-9H,10H2,1-2H3,(H,21,22). The van der Waals surface area contributed by atoms with Crippen LogP contribution in [0.2, 0.25) is 5.02 Å². The number of fused-ring (bicyclic) bond motifs is 1. The molecule has 1 heterocycles. The van der Waals surface area contributed by atoms with Crippen molar-refractivity contribution in [3.63, 3.8) is 0 Å². The summed E-state index contributed by atoms with van der Waals surface area (Å²) < 4.78 is 11.3. The summed E-state index contributed by atoms with van der Waals surface area (Å²) in [6, 6.07) is 12.6. The van der Waals surface area contributed by atoms with Crippen LogP contribution in [0.15, 0.2) is 42.5 Å². The number of aryl methyl sites for hydroxylation is 1. The second-order valence-corrected chi connectivity index (χ2v) is 7.01. The van der Waals surface area contributed by atoms with Gasteiger partial charge in [0.15, 0.2) is 6.61 Å². The Kier molecular flexibility index (Phi) is 5.44. The number of carbonyl (C=O) groups is 2. The van der Waals surface area contributed by atoms with Crippen molar-refractivity contribution in [2.75, 3.05) is 19.0 Å². The van der Waals surface area contributed by atoms with E-state index >= 15 is 0 Å². The zero-order valence-electron chi connectivity index (χ0n) is 14.2. The second kappa shape index (κ2) is 7.76. The van der Waals surface area contributed by atoms with E-state index in [1.54, 1.807) is 18.2 Å². The third kappa shape index (κ3) is 3.81. The summed E-state index contributed by atoms with van der Waals surface area (Å²) in [5.74, 6) is -0.524. The monoisotopic (exact) mass is 389 g/mol. The molecule has 0 saturated carbocycles. The van der Waals surface area contributed by atoms with Crippen LogP contribution in [0.25, 0.3) is 10.1 Å². The van der Waals surface area contributed by atoms with Gasteiger partial charge in [0.2, 0.25) is 0 Å². The van der Waals surface area contributed by atoms with E-state index in [0.29, 0.717) is 21.3 Å². The molecule has 0 bridgehead atoms. The van der Waals surface area contributed by atoms with Crippen LogP contribution in [0.1, 0.15) is 15.2 Å². The smallest absolute Gasteiger partial charge is 0.349 e. The molecule has 1 aromatic heterocycles. The SMILES string of the molecule is COc1ccc(Cl)cc1NC(=O)COC(=O)c1sc2ccccc2c1C. The van der Waals surface area contributed by atoms with Crippen molar-refractivity contribution in [1.82, 2.24) is 0 Å². The number of carbonyl (C=O) groups excluding carboxylic acids is 2. The topological polar surface area (TPSA) is 64.6 Å². The molecule has 2 aromatic carbocycles. The fourth-order valence-corrected chi connectivity index (χ4v) is 3.80. The summed E-state index contributed by atoms with van der Waals surface area (Å²) in [4.78, 5) is 24.9. The van der Waals surface area contributed by atoms with Crippen molar-refractivity contribution in [3.8, 4) is 5.75 Å². The largest absolute Gasteiger partial charge is 0.495 e. The molecule has 0 atom stereocenters. The van der Waals surface area contributed by atoms with Gasteiger partial charge in [-0.3, -0.25) is 4.79 Å². The lowest BCUT2D eigenvalue weighted by atomic mass is 10.1. The lowest BCUT2D eigenvalue weighted by Crippen LogP contribution is -2.21. The van der Waals surface area contributed by atoms with Crippen molar-refractivity contribution in [1.29, 1.82) is 0 Å². The Morgan fingerprint density at radius 3 is 2.69 bits per heavy atom. The van der Waals surface area contributed by atoms with Crippen molar-refractivity contribution in [2.24, 2.45) is 0 Å². The highest BCUT2D eigenvalue weighted by atomic mass is 35.5. The number of anilines is 1. The average molecular weight is 390 g/mol. The van der Waals surface area contributed by atoms with Gasteiger partial charge in [-0.1, -0.05) is 29.8 Å². The summed E-state index contributed by atoms with van der Waals surface area (Å²) in [7, 11) is 1.49. The van der Waals surface area contributed by atoms with Gasteiger partial charge in [-0.15, -0.1) is 11.3 Å². The van der Waals surface area contributed by atoms with Crippen molar-refractivity contribution in [3.05, 3.63) is 57.9 Å². The predicted molar refractivity (Wildman–Crippen MR) is 103 cm³/mol. The number of hydrogen-bond donors (Lipinski definition) is 1. The van der Waals surface area contributed by atoms with Gasteiger partial charge in [-0.05, 0) is 42.1 Å². The van der Waals surface area contributed by atoms with Gasteiger partial charge in [0.25, 0.3) is 5.91 Å². The molecule has 0 aliphatic carbocycles. The number of halogens is 1. The van der Waals surface area contributed by atoms with E-state index in [-0.39, 0.29) is 0 Å². The first-order valence-electron chi connectivity index (χ1n) is 7.78. The van der Waals surface area contributed by atoms with Crippen LogP contribution in [0.3, 0.4) is 0 Å². The van der Waals surface area contributed by atoms with Gasteiger partial charge < -0.3 is 14.8 Å². The second-order valence-electron chi connectivity index (χ2n) is 5.52. The first-order chi connectivity index (χ1) is 12.5. The highest BCUT2D eigenvalue weighted by Gasteiger charge is 2.18. The summed E-state index contributed by atoms with van der Waals surface area (Å²) in [6.07, 6.45) is 0. The molecular formula is C19H16ClNO4S. The zero-order chi connectivity index (χ0) is 18.7.